The summed E-state index contributed by atoms with van der Waals surface area (Å²) in [6.07, 6.45) is 0.760. The topological polar surface area (TPSA) is 79.5 Å². The second-order valence-electron chi connectivity index (χ2n) is 7.45. The molecule has 2 amide bonds. The van der Waals surface area contributed by atoms with Crippen molar-refractivity contribution in [2.45, 2.75) is 33.6 Å². The Bertz CT molecular complexity index is 756. The van der Waals surface area contributed by atoms with Crippen LogP contribution < -0.4 is 0 Å². The molecule has 3 rings (SSSR count). The van der Waals surface area contributed by atoms with E-state index < -0.39 is 0 Å². The average molecular weight is 376 g/mol. The van der Waals surface area contributed by atoms with Gasteiger partial charge >= 0.3 is 0 Å². The summed E-state index contributed by atoms with van der Waals surface area (Å²) in [4.78, 5) is 32.7. The van der Waals surface area contributed by atoms with Crippen LogP contribution in [0.25, 0.3) is 11.4 Å². The molecule has 0 unspecified atom stereocenters. The van der Waals surface area contributed by atoms with Crippen molar-refractivity contribution in [3.8, 4) is 11.4 Å². The second kappa shape index (κ2) is 7.57. The summed E-state index contributed by atoms with van der Waals surface area (Å²) >= 11 is 1.57. The molecule has 0 aromatic carbocycles. The van der Waals surface area contributed by atoms with Crippen molar-refractivity contribution in [1.82, 2.24) is 19.9 Å². The van der Waals surface area contributed by atoms with Gasteiger partial charge in [-0.3, -0.25) is 9.59 Å². The largest absolute Gasteiger partial charge is 0.339 e. The molecule has 0 spiro atoms. The number of carbonyl (C=O) groups excluding carboxylic acids is 2. The maximum atomic E-state index is 12.4. The van der Waals surface area contributed by atoms with E-state index in [-0.39, 0.29) is 17.2 Å². The van der Waals surface area contributed by atoms with Crippen molar-refractivity contribution < 1.29 is 14.1 Å². The third-order valence-corrected chi connectivity index (χ3v) is 5.04. The molecule has 1 aliphatic heterocycles. The number of carbonyl (C=O) groups is 2. The van der Waals surface area contributed by atoms with Crippen LogP contribution in [-0.4, -0.2) is 57.9 Å². The van der Waals surface area contributed by atoms with E-state index in [9.17, 15) is 9.59 Å². The first kappa shape index (κ1) is 18.6. The van der Waals surface area contributed by atoms with Gasteiger partial charge in [0.2, 0.25) is 23.5 Å². The van der Waals surface area contributed by atoms with Gasteiger partial charge in [0.15, 0.2) is 0 Å². The molecular formula is C18H24N4O3S. The molecule has 1 aliphatic rings. The summed E-state index contributed by atoms with van der Waals surface area (Å²) in [7, 11) is 0. The zero-order valence-corrected chi connectivity index (χ0v) is 16.2. The molecule has 0 N–H and O–H groups in total. The third-order valence-electron chi connectivity index (χ3n) is 4.36. The number of hydrogen-bond acceptors (Lipinski definition) is 6. The Morgan fingerprint density at radius 1 is 1.19 bits per heavy atom. The number of hydrogen-bond donors (Lipinski definition) is 0. The molecule has 7 nitrogen and oxygen atoms in total. The van der Waals surface area contributed by atoms with Crippen LogP contribution >= 0.6 is 11.3 Å². The van der Waals surface area contributed by atoms with E-state index in [1.807, 2.05) is 47.4 Å². The van der Waals surface area contributed by atoms with E-state index >= 15 is 0 Å². The Labute approximate surface area is 157 Å². The Morgan fingerprint density at radius 2 is 1.88 bits per heavy atom. The van der Waals surface area contributed by atoms with Gasteiger partial charge in [-0.1, -0.05) is 25.9 Å². The van der Waals surface area contributed by atoms with E-state index in [4.69, 9.17) is 4.52 Å². The van der Waals surface area contributed by atoms with Gasteiger partial charge in [0, 0.05) is 55.4 Å². The Hall–Kier alpha value is -2.22. The molecule has 140 valence electrons. The van der Waals surface area contributed by atoms with Crippen LogP contribution in [0.1, 0.15) is 33.1 Å². The number of aromatic nitrogens is 2. The standard InChI is InChI=1S/C18H24N4O3S/c1-18(2,3)17(24)22-9-7-21(8-10-22)15(23)5-4-14-19-16(20-25-14)13-6-11-26-12-13/h6,11-12H,4-5,7-10H2,1-3H3. The molecule has 8 heteroatoms. The molecule has 0 aliphatic carbocycles. The maximum absolute atomic E-state index is 12.4. The lowest BCUT2D eigenvalue weighted by molar-refractivity contribution is -0.144. The summed E-state index contributed by atoms with van der Waals surface area (Å²) in [6.45, 7) is 8.08. The van der Waals surface area contributed by atoms with E-state index in [0.717, 1.165) is 5.56 Å². The number of thiophene rings is 1. The van der Waals surface area contributed by atoms with Gasteiger partial charge in [0.25, 0.3) is 0 Å². The zero-order valence-electron chi connectivity index (χ0n) is 15.4. The normalized spacial score (nSPS) is 15.3. The number of amides is 2. The zero-order chi connectivity index (χ0) is 18.7. The lowest BCUT2D eigenvalue weighted by Crippen LogP contribution is -2.53. The fraction of sp³-hybridized carbons (Fsp3) is 0.556. The molecular weight excluding hydrogens is 352 g/mol. The molecule has 3 heterocycles. The monoisotopic (exact) mass is 376 g/mol. The van der Waals surface area contributed by atoms with Gasteiger partial charge in [-0.25, -0.2) is 0 Å². The van der Waals surface area contributed by atoms with Crippen molar-refractivity contribution in [2.75, 3.05) is 26.2 Å². The van der Waals surface area contributed by atoms with Crippen molar-refractivity contribution in [1.29, 1.82) is 0 Å². The minimum atomic E-state index is -0.385. The molecule has 2 aromatic heterocycles. The predicted molar refractivity (Wildman–Crippen MR) is 98.5 cm³/mol. The number of piperazine rings is 1. The van der Waals surface area contributed by atoms with E-state index in [1.54, 1.807) is 11.3 Å². The van der Waals surface area contributed by atoms with Crippen molar-refractivity contribution in [3.63, 3.8) is 0 Å². The maximum Gasteiger partial charge on any atom is 0.228 e. The minimum absolute atomic E-state index is 0.0585. The van der Waals surface area contributed by atoms with Gasteiger partial charge in [0.05, 0.1) is 0 Å². The van der Waals surface area contributed by atoms with Crippen LogP contribution in [0.5, 0.6) is 0 Å². The van der Waals surface area contributed by atoms with Crippen LogP contribution in [0.2, 0.25) is 0 Å². The predicted octanol–water partition coefficient (Wildman–Crippen LogP) is 2.45. The van der Waals surface area contributed by atoms with Crippen LogP contribution in [-0.2, 0) is 16.0 Å². The summed E-state index contributed by atoms with van der Waals surface area (Å²) in [5.41, 5.74) is 0.542. The first-order valence-electron chi connectivity index (χ1n) is 8.77. The molecule has 0 atom stereocenters. The van der Waals surface area contributed by atoms with Gasteiger partial charge in [0.1, 0.15) is 0 Å². The highest BCUT2D eigenvalue weighted by molar-refractivity contribution is 7.08. The molecule has 1 fully saturated rings. The van der Waals surface area contributed by atoms with Crippen LogP contribution in [0.3, 0.4) is 0 Å². The highest BCUT2D eigenvalue weighted by Gasteiger charge is 2.30. The van der Waals surface area contributed by atoms with Crippen molar-refractivity contribution in [3.05, 3.63) is 22.7 Å². The molecule has 0 radical (unpaired) electrons. The quantitative estimate of drug-likeness (QED) is 0.819. The molecule has 0 bridgehead atoms. The lowest BCUT2D eigenvalue weighted by Gasteiger charge is -2.37. The fourth-order valence-corrected chi connectivity index (χ4v) is 3.50. The van der Waals surface area contributed by atoms with Gasteiger partial charge in [-0.2, -0.15) is 16.3 Å². The molecule has 1 saturated heterocycles. The third kappa shape index (κ3) is 4.30. The smallest absolute Gasteiger partial charge is 0.228 e. The fourth-order valence-electron chi connectivity index (χ4n) is 2.87. The number of nitrogens with zero attached hydrogens (tertiary/aromatic N) is 4. The Morgan fingerprint density at radius 3 is 2.50 bits per heavy atom. The SMILES string of the molecule is CC(C)(C)C(=O)N1CCN(C(=O)CCc2nc(-c3ccsc3)no2)CC1. The first-order valence-corrected chi connectivity index (χ1v) is 9.71. The number of aryl methyl sites for hydroxylation is 1. The summed E-state index contributed by atoms with van der Waals surface area (Å²) in [5.74, 6) is 1.23. The molecule has 0 saturated carbocycles. The van der Waals surface area contributed by atoms with E-state index in [2.05, 4.69) is 10.1 Å². The van der Waals surface area contributed by atoms with Gasteiger partial charge in [-0.05, 0) is 11.4 Å². The summed E-state index contributed by atoms with van der Waals surface area (Å²) < 4.78 is 5.23. The van der Waals surface area contributed by atoms with E-state index in [0.29, 0.717) is 50.7 Å². The summed E-state index contributed by atoms with van der Waals surface area (Å²) in [6, 6.07) is 1.93. The van der Waals surface area contributed by atoms with E-state index in [1.165, 1.54) is 0 Å². The highest BCUT2D eigenvalue weighted by Crippen LogP contribution is 2.20. The average Bonchev–Trinajstić information content (AvgIpc) is 3.29. The summed E-state index contributed by atoms with van der Waals surface area (Å²) in [5, 5.41) is 7.87. The van der Waals surface area contributed by atoms with Crippen molar-refractivity contribution in [2.24, 2.45) is 5.41 Å². The Kier molecular flexibility index (Phi) is 5.41. The second-order valence-corrected chi connectivity index (χ2v) is 8.23. The van der Waals surface area contributed by atoms with Crippen molar-refractivity contribution >= 4 is 23.2 Å². The first-order chi connectivity index (χ1) is 12.3. The Balaban J connectivity index is 1.47. The number of rotatable bonds is 4. The van der Waals surface area contributed by atoms with Crippen LogP contribution in [0.4, 0.5) is 0 Å². The van der Waals surface area contributed by atoms with Crippen LogP contribution in [0, 0.1) is 5.41 Å². The highest BCUT2D eigenvalue weighted by atomic mass is 32.1. The van der Waals surface area contributed by atoms with Crippen LogP contribution in [0.15, 0.2) is 21.3 Å². The molecule has 26 heavy (non-hydrogen) atoms. The lowest BCUT2D eigenvalue weighted by atomic mass is 9.94. The molecule has 2 aromatic rings. The van der Waals surface area contributed by atoms with Gasteiger partial charge < -0.3 is 14.3 Å². The minimum Gasteiger partial charge on any atom is -0.339 e. The van der Waals surface area contributed by atoms with Gasteiger partial charge in [-0.15, -0.1) is 0 Å².